The number of amides is 1. The van der Waals surface area contributed by atoms with Gasteiger partial charge in [-0.3, -0.25) is 4.79 Å². The number of carbonyl (C=O) groups is 1. The Kier molecular flexibility index (Phi) is 3.12. The molecule has 0 aliphatic rings. The van der Waals surface area contributed by atoms with Gasteiger partial charge in [0.15, 0.2) is 0 Å². The summed E-state index contributed by atoms with van der Waals surface area (Å²) in [5, 5.41) is 6.95. The zero-order valence-corrected chi connectivity index (χ0v) is 9.81. The molecule has 0 atom stereocenters. The maximum absolute atomic E-state index is 11.8. The van der Waals surface area contributed by atoms with Crippen LogP contribution >= 0.6 is 22.9 Å². The molecule has 0 unspecified atom stereocenters. The SMILES string of the molecule is Nc1cc(Cl)cc(C(=O)Nc2ccsc2)c1. The first-order chi connectivity index (χ1) is 7.65. The van der Waals surface area contributed by atoms with Gasteiger partial charge in [-0.1, -0.05) is 11.6 Å². The van der Waals surface area contributed by atoms with E-state index in [9.17, 15) is 4.79 Å². The summed E-state index contributed by atoms with van der Waals surface area (Å²) >= 11 is 7.34. The Morgan fingerprint density at radius 1 is 1.38 bits per heavy atom. The highest BCUT2D eigenvalue weighted by Crippen LogP contribution is 2.18. The number of rotatable bonds is 2. The Balaban J connectivity index is 2.21. The van der Waals surface area contributed by atoms with E-state index >= 15 is 0 Å². The number of thiophene rings is 1. The molecular weight excluding hydrogens is 244 g/mol. The molecule has 3 N–H and O–H groups in total. The van der Waals surface area contributed by atoms with Crippen LogP contribution in [0.1, 0.15) is 10.4 Å². The summed E-state index contributed by atoms with van der Waals surface area (Å²) in [5.41, 5.74) is 7.31. The first kappa shape index (κ1) is 11.0. The van der Waals surface area contributed by atoms with Gasteiger partial charge < -0.3 is 11.1 Å². The first-order valence-corrected chi connectivity index (χ1v) is 5.87. The van der Waals surface area contributed by atoms with Crippen LogP contribution in [0.4, 0.5) is 11.4 Å². The molecular formula is C11H9ClN2OS. The molecule has 0 aliphatic carbocycles. The van der Waals surface area contributed by atoms with Crippen molar-refractivity contribution in [3.05, 3.63) is 45.6 Å². The van der Waals surface area contributed by atoms with E-state index in [1.54, 1.807) is 18.2 Å². The Morgan fingerprint density at radius 2 is 2.19 bits per heavy atom. The molecule has 0 radical (unpaired) electrons. The van der Waals surface area contributed by atoms with E-state index in [2.05, 4.69) is 5.32 Å². The van der Waals surface area contributed by atoms with Gasteiger partial charge in [-0.15, -0.1) is 0 Å². The van der Waals surface area contributed by atoms with Crippen molar-refractivity contribution >= 4 is 40.2 Å². The van der Waals surface area contributed by atoms with Crippen LogP contribution in [0.25, 0.3) is 0 Å². The summed E-state index contributed by atoms with van der Waals surface area (Å²) in [6.45, 7) is 0. The number of nitrogens with one attached hydrogen (secondary N) is 1. The van der Waals surface area contributed by atoms with Crippen LogP contribution in [0.2, 0.25) is 5.02 Å². The molecule has 0 spiro atoms. The summed E-state index contributed by atoms with van der Waals surface area (Å²) in [4.78, 5) is 11.8. The second-order valence-corrected chi connectivity index (χ2v) is 4.46. The molecule has 1 heterocycles. The van der Waals surface area contributed by atoms with Gasteiger partial charge in [0, 0.05) is 21.7 Å². The van der Waals surface area contributed by atoms with Gasteiger partial charge in [0.05, 0.1) is 5.69 Å². The summed E-state index contributed by atoms with van der Waals surface area (Å²) in [5.74, 6) is -0.215. The van der Waals surface area contributed by atoms with Gasteiger partial charge in [-0.05, 0) is 29.6 Å². The van der Waals surface area contributed by atoms with Crippen molar-refractivity contribution in [2.75, 3.05) is 11.1 Å². The van der Waals surface area contributed by atoms with Crippen molar-refractivity contribution in [2.24, 2.45) is 0 Å². The minimum Gasteiger partial charge on any atom is -0.399 e. The summed E-state index contributed by atoms with van der Waals surface area (Å²) in [6, 6.07) is 6.60. The van der Waals surface area contributed by atoms with Crippen molar-refractivity contribution in [1.82, 2.24) is 0 Å². The molecule has 0 fully saturated rings. The van der Waals surface area contributed by atoms with E-state index in [-0.39, 0.29) is 5.91 Å². The molecule has 1 aromatic heterocycles. The molecule has 2 aromatic rings. The third kappa shape index (κ3) is 2.53. The molecule has 0 bridgehead atoms. The smallest absolute Gasteiger partial charge is 0.255 e. The topological polar surface area (TPSA) is 55.1 Å². The second-order valence-electron chi connectivity index (χ2n) is 3.24. The average Bonchev–Trinajstić information content (AvgIpc) is 2.68. The zero-order chi connectivity index (χ0) is 11.5. The number of nitrogen functional groups attached to an aromatic ring is 1. The maximum atomic E-state index is 11.8. The third-order valence-corrected chi connectivity index (χ3v) is 2.86. The number of hydrogen-bond donors (Lipinski definition) is 2. The van der Waals surface area contributed by atoms with Crippen LogP contribution in [0.15, 0.2) is 35.0 Å². The number of hydrogen-bond acceptors (Lipinski definition) is 3. The molecule has 1 amide bonds. The van der Waals surface area contributed by atoms with Crippen molar-refractivity contribution < 1.29 is 4.79 Å². The van der Waals surface area contributed by atoms with E-state index in [1.807, 2.05) is 16.8 Å². The number of carbonyl (C=O) groups excluding carboxylic acids is 1. The van der Waals surface area contributed by atoms with E-state index in [0.717, 1.165) is 5.69 Å². The fourth-order valence-electron chi connectivity index (χ4n) is 1.28. The fourth-order valence-corrected chi connectivity index (χ4v) is 2.11. The molecule has 0 saturated heterocycles. The lowest BCUT2D eigenvalue weighted by atomic mass is 10.2. The van der Waals surface area contributed by atoms with E-state index < -0.39 is 0 Å². The van der Waals surface area contributed by atoms with Crippen molar-refractivity contribution in [3.8, 4) is 0 Å². The Morgan fingerprint density at radius 3 is 2.81 bits per heavy atom. The minimum absolute atomic E-state index is 0.215. The van der Waals surface area contributed by atoms with E-state index in [0.29, 0.717) is 16.3 Å². The van der Waals surface area contributed by atoms with Crippen molar-refractivity contribution in [1.29, 1.82) is 0 Å². The molecule has 2 rings (SSSR count). The standard InChI is InChI=1S/C11H9ClN2OS/c12-8-3-7(4-9(13)5-8)11(15)14-10-1-2-16-6-10/h1-6H,13H2,(H,14,15). The molecule has 0 saturated carbocycles. The highest BCUT2D eigenvalue weighted by molar-refractivity contribution is 7.08. The lowest BCUT2D eigenvalue weighted by molar-refractivity contribution is 0.102. The lowest BCUT2D eigenvalue weighted by Gasteiger charge is -2.04. The van der Waals surface area contributed by atoms with Crippen LogP contribution in [0, 0.1) is 0 Å². The van der Waals surface area contributed by atoms with Crippen molar-refractivity contribution in [2.45, 2.75) is 0 Å². The number of benzene rings is 1. The van der Waals surface area contributed by atoms with Gasteiger partial charge in [-0.25, -0.2) is 0 Å². The Labute approximate surface area is 102 Å². The highest BCUT2D eigenvalue weighted by atomic mass is 35.5. The minimum atomic E-state index is -0.215. The molecule has 5 heteroatoms. The largest absolute Gasteiger partial charge is 0.399 e. The number of nitrogens with two attached hydrogens (primary N) is 1. The normalized spacial score (nSPS) is 10.1. The number of anilines is 2. The summed E-state index contributed by atoms with van der Waals surface area (Å²) in [7, 11) is 0. The van der Waals surface area contributed by atoms with E-state index in [1.165, 1.54) is 11.3 Å². The van der Waals surface area contributed by atoms with Crippen LogP contribution in [-0.4, -0.2) is 5.91 Å². The quantitative estimate of drug-likeness (QED) is 0.807. The molecule has 16 heavy (non-hydrogen) atoms. The van der Waals surface area contributed by atoms with Crippen LogP contribution in [-0.2, 0) is 0 Å². The number of halogens is 1. The predicted octanol–water partition coefficient (Wildman–Crippen LogP) is 3.24. The monoisotopic (exact) mass is 252 g/mol. The van der Waals surface area contributed by atoms with Gasteiger partial charge in [0.1, 0.15) is 0 Å². The predicted molar refractivity (Wildman–Crippen MR) is 68.1 cm³/mol. The lowest BCUT2D eigenvalue weighted by Crippen LogP contribution is -2.11. The maximum Gasteiger partial charge on any atom is 0.255 e. The van der Waals surface area contributed by atoms with Gasteiger partial charge in [-0.2, -0.15) is 11.3 Å². The van der Waals surface area contributed by atoms with Crippen molar-refractivity contribution in [3.63, 3.8) is 0 Å². The summed E-state index contributed by atoms with van der Waals surface area (Å²) in [6.07, 6.45) is 0. The molecule has 1 aromatic carbocycles. The Bertz CT molecular complexity index is 490. The zero-order valence-electron chi connectivity index (χ0n) is 8.24. The fraction of sp³-hybridized carbons (Fsp3) is 0. The van der Waals surface area contributed by atoms with Gasteiger partial charge >= 0.3 is 0 Å². The molecule has 82 valence electrons. The summed E-state index contributed by atoms with van der Waals surface area (Å²) < 4.78 is 0. The van der Waals surface area contributed by atoms with Crippen LogP contribution in [0.3, 0.4) is 0 Å². The van der Waals surface area contributed by atoms with Gasteiger partial charge in [0.2, 0.25) is 0 Å². The second kappa shape index (κ2) is 4.55. The average molecular weight is 253 g/mol. The van der Waals surface area contributed by atoms with Crippen LogP contribution < -0.4 is 11.1 Å². The van der Waals surface area contributed by atoms with Crippen LogP contribution in [0.5, 0.6) is 0 Å². The van der Waals surface area contributed by atoms with E-state index in [4.69, 9.17) is 17.3 Å². The molecule has 0 aliphatic heterocycles. The molecule has 3 nitrogen and oxygen atoms in total. The third-order valence-electron chi connectivity index (χ3n) is 1.96. The first-order valence-electron chi connectivity index (χ1n) is 4.55. The highest BCUT2D eigenvalue weighted by Gasteiger charge is 2.07. The van der Waals surface area contributed by atoms with Gasteiger partial charge in [0.25, 0.3) is 5.91 Å². The Hall–Kier alpha value is -1.52.